The van der Waals surface area contributed by atoms with E-state index in [0.29, 0.717) is 11.0 Å². The highest BCUT2D eigenvalue weighted by Crippen LogP contribution is 2.44. The topological polar surface area (TPSA) is 102 Å². The van der Waals surface area contributed by atoms with Crippen molar-refractivity contribution in [2.24, 2.45) is 5.41 Å². The van der Waals surface area contributed by atoms with Gasteiger partial charge in [0, 0.05) is 0 Å². The highest BCUT2D eigenvalue weighted by atomic mass is 31.2. The Balaban J connectivity index is 5.07. The van der Waals surface area contributed by atoms with E-state index in [1.165, 1.54) is 64.2 Å². The predicted octanol–water partition coefficient (Wildman–Crippen LogP) is 8.97. The molecule has 0 aromatic heterocycles. The van der Waals surface area contributed by atoms with Gasteiger partial charge in [0.2, 0.25) is 0 Å². The molecular weight excluding hydrogens is 565 g/mol. The number of rotatable bonds is 31. The zero-order chi connectivity index (χ0) is 32.5. The first-order chi connectivity index (χ1) is 20.4. The van der Waals surface area contributed by atoms with Crippen LogP contribution in [0.3, 0.4) is 0 Å². The van der Waals surface area contributed by atoms with Gasteiger partial charge < -0.3 is 19.2 Å². The SMILES string of the molecule is CCCCCCCCCCCCCCC(CCCCC)(CCCCC)C(=O)OC(CO)COP(=O)(O)OCC[N+](C)(C)C. The smallest absolute Gasteiger partial charge is 0.457 e. The molecule has 2 N–H and O–H groups in total. The van der Waals surface area contributed by atoms with Gasteiger partial charge in [-0.2, -0.15) is 0 Å². The molecule has 0 aromatic carbocycles. The number of unbranched alkanes of at least 4 members (excludes halogenated alkanes) is 15. The largest absolute Gasteiger partial charge is 0.472 e. The molecule has 0 radical (unpaired) electrons. The molecule has 0 fully saturated rings. The van der Waals surface area contributed by atoms with E-state index in [1.54, 1.807) is 0 Å². The first-order valence-electron chi connectivity index (χ1n) is 17.7. The number of esters is 1. The predicted molar refractivity (Wildman–Crippen MR) is 178 cm³/mol. The van der Waals surface area contributed by atoms with E-state index in [-0.39, 0.29) is 19.2 Å². The third-order valence-corrected chi connectivity index (χ3v) is 9.36. The van der Waals surface area contributed by atoms with E-state index < -0.39 is 25.9 Å². The number of carbonyl (C=O) groups is 1. The Bertz CT molecular complexity index is 703. The van der Waals surface area contributed by atoms with Crippen LogP contribution in [0.25, 0.3) is 0 Å². The molecule has 0 heterocycles. The number of aliphatic hydroxyl groups excluding tert-OH is 1. The first kappa shape index (κ1) is 42.5. The summed E-state index contributed by atoms with van der Waals surface area (Å²) < 4.78 is 29.0. The van der Waals surface area contributed by atoms with Crippen molar-refractivity contribution in [2.75, 3.05) is 47.5 Å². The van der Waals surface area contributed by atoms with Gasteiger partial charge in [0.25, 0.3) is 0 Å². The molecule has 0 saturated carbocycles. The third kappa shape index (κ3) is 23.5. The van der Waals surface area contributed by atoms with E-state index in [0.717, 1.165) is 70.6 Å². The monoisotopic (exact) mass is 636 g/mol. The van der Waals surface area contributed by atoms with Crippen LogP contribution in [0.2, 0.25) is 0 Å². The van der Waals surface area contributed by atoms with Gasteiger partial charge in [-0.05, 0) is 19.3 Å². The molecule has 2 unspecified atom stereocenters. The molecule has 0 amide bonds. The second kappa shape index (κ2) is 25.7. The Kier molecular flexibility index (Phi) is 25.4. The van der Waals surface area contributed by atoms with Crippen molar-refractivity contribution >= 4 is 13.8 Å². The van der Waals surface area contributed by atoms with E-state index in [1.807, 2.05) is 21.1 Å². The molecule has 0 aromatic rings. The van der Waals surface area contributed by atoms with Crippen LogP contribution in [-0.2, 0) is 23.1 Å². The lowest BCUT2D eigenvalue weighted by Crippen LogP contribution is -2.38. The number of phosphoric ester groups is 1. The highest BCUT2D eigenvalue weighted by molar-refractivity contribution is 7.47. The average Bonchev–Trinajstić information content (AvgIpc) is 2.94. The normalized spacial score (nSPS) is 14.5. The standard InChI is InChI=1S/C34H70NO7P/c1-7-10-13-14-15-16-17-18-19-20-21-24-27-34(25-22-11-8-2,26-23-12-9-3)33(37)42-32(30-36)31-41-43(38,39)40-29-28-35(4,5)6/h32,36H,7-31H2,1-6H3/p+1. The van der Waals surface area contributed by atoms with Gasteiger partial charge in [0.15, 0.2) is 0 Å². The molecule has 0 bridgehead atoms. The van der Waals surface area contributed by atoms with Gasteiger partial charge in [-0.15, -0.1) is 0 Å². The minimum atomic E-state index is -4.33. The summed E-state index contributed by atoms with van der Waals surface area (Å²) in [4.78, 5) is 23.9. The molecule has 0 rings (SSSR count). The number of hydrogen-bond donors (Lipinski definition) is 2. The first-order valence-corrected chi connectivity index (χ1v) is 19.2. The Morgan fingerprint density at radius 2 is 1.09 bits per heavy atom. The number of quaternary nitrogens is 1. The van der Waals surface area contributed by atoms with E-state index in [2.05, 4.69) is 20.8 Å². The molecule has 0 saturated heterocycles. The quantitative estimate of drug-likeness (QED) is 0.0339. The maximum atomic E-state index is 13.8. The van der Waals surface area contributed by atoms with Crippen LogP contribution < -0.4 is 0 Å². The van der Waals surface area contributed by atoms with Crippen LogP contribution >= 0.6 is 7.82 Å². The van der Waals surface area contributed by atoms with Crippen molar-refractivity contribution in [1.29, 1.82) is 0 Å². The van der Waals surface area contributed by atoms with Crippen LogP contribution in [0.15, 0.2) is 0 Å². The van der Waals surface area contributed by atoms with E-state index in [9.17, 15) is 19.4 Å². The molecule has 0 aliphatic rings. The Labute approximate surface area is 265 Å². The summed E-state index contributed by atoms with van der Waals surface area (Å²) in [6, 6.07) is 0. The second-order valence-electron chi connectivity index (χ2n) is 13.7. The zero-order valence-electron chi connectivity index (χ0n) is 29.1. The Morgan fingerprint density at radius 1 is 0.698 bits per heavy atom. The number of aliphatic hydroxyl groups is 1. The molecule has 0 aliphatic carbocycles. The fourth-order valence-corrected chi connectivity index (χ4v) is 6.20. The maximum absolute atomic E-state index is 13.8. The summed E-state index contributed by atoms with van der Waals surface area (Å²) in [7, 11) is 1.54. The molecular formula is C34H71NO7P+. The van der Waals surface area contributed by atoms with Crippen molar-refractivity contribution in [2.45, 2.75) is 162 Å². The fraction of sp³-hybridized carbons (Fsp3) is 0.971. The molecule has 9 heteroatoms. The number of phosphoric acid groups is 1. The lowest BCUT2D eigenvalue weighted by atomic mass is 9.74. The van der Waals surface area contributed by atoms with Crippen molar-refractivity contribution in [3.05, 3.63) is 0 Å². The van der Waals surface area contributed by atoms with Crippen LogP contribution in [-0.4, -0.2) is 74.1 Å². The molecule has 8 nitrogen and oxygen atoms in total. The lowest BCUT2D eigenvalue weighted by Gasteiger charge is -2.33. The lowest BCUT2D eigenvalue weighted by molar-refractivity contribution is -0.870. The highest BCUT2D eigenvalue weighted by Gasteiger charge is 2.40. The second-order valence-corrected chi connectivity index (χ2v) is 15.1. The molecule has 0 spiro atoms. The van der Waals surface area contributed by atoms with Crippen molar-refractivity contribution in [3.63, 3.8) is 0 Å². The van der Waals surface area contributed by atoms with Crippen molar-refractivity contribution in [1.82, 2.24) is 0 Å². The zero-order valence-corrected chi connectivity index (χ0v) is 30.0. The van der Waals surface area contributed by atoms with Crippen molar-refractivity contribution < 1.29 is 37.6 Å². The van der Waals surface area contributed by atoms with Crippen molar-refractivity contribution in [3.8, 4) is 0 Å². The summed E-state index contributed by atoms with van der Waals surface area (Å²) in [5.41, 5.74) is -0.597. The van der Waals surface area contributed by atoms with E-state index in [4.69, 9.17) is 13.8 Å². The van der Waals surface area contributed by atoms with Gasteiger partial charge in [0.05, 0.1) is 39.8 Å². The summed E-state index contributed by atoms with van der Waals surface area (Å²) in [6.07, 6.45) is 22.7. The summed E-state index contributed by atoms with van der Waals surface area (Å²) in [5.74, 6) is -0.302. The Morgan fingerprint density at radius 3 is 1.51 bits per heavy atom. The van der Waals surface area contributed by atoms with Gasteiger partial charge in [-0.3, -0.25) is 13.8 Å². The Hall–Kier alpha value is -0.500. The molecule has 0 aliphatic heterocycles. The fourth-order valence-electron chi connectivity index (χ4n) is 5.46. The molecule has 258 valence electrons. The van der Waals surface area contributed by atoms with Crippen LogP contribution in [0, 0.1) is 5.41 Å². The third-order valence-electron chi connectivity index (χ3n) is 8.38. The number of carbonyl (C=O) groups excluding carboxylic acids is 1. The summed E-state index contributed by atoms with van der Waals surface area (Å²) >= 11 is 0. The van der Waals surface area contributed by atoms with Gasteiger partial charge in [0.1, 0.15) is 19.3 Å². The maximum Gasteiger partial charge on any atom is 0.472 e. The summed E-state index contributed by atoms with van der Waals surface area (Å²) in [5, 5.41) is 9.97. The number of likely N-dealkylation sites (N-methyl/N-ethyl adjacent to an activating group) is 1. The van der Waals surface area contributed by atoms with Crippen LogP contribution in [0.4, 0.5) is 0 Å². The van der Waals surface area contributed by atoms with Crippen LogP contribution in [0.1, 0.15) is 156 Å². The summed E-state index contributed by atoms with van der Waals surface area (Å²) in [6.45, 7) is 6.30. The minimum Gasteiger partial charge on any atom is -0.457 e. The molecule has 43 heavy (non-hydrogen) atoms. The number of ether oxygens (including phenoxy) is 1. The van der Waals surface area contributed by atoms with Crippen LogP contribution in [0.5, 0.6) is 0 Å². The molecule has 2 atom stereocenters. The van der Waals surface area contributed by atoms with Gasteiger partial charge in [-0.1, -0.05) is 136 Å². The van der Waals surface area contributed by atoms with E-state index >= 15 is 0 Å². The van der Waals surface area contributed by atoms with Gasteiger partial charge in [-0.25, -0.2) is 4.57 Å². The number of hydrogen-bond acceptors (Lipinski definition) is 6. The number of nitrogens with zero attached hydrogens (tertiary/aromatic N) is 1. The van der Waals surface area contributed by atoms with Gasteiger partial charge >= 0.3 is 13.8 Å². The minimum absolute atomic E-state index is 0.0534. The average molecular weight is 637 g/mol.